The van der Waals surface area contributed by atoms with Gasteiger partial charge in [-0.25, -0.2) is 9.78 Å². The molecule has 0 saturated carbocycles. The average molecular weight is 420 g/mol. The maximum absolute atomic E-state index is 12.5. The number of ether oxygens (including phenoxy) is 1. The van der Waals surface area contributed by atoms with Crippen molar-refractivity contribution in [3.63, 3.8) is 0 Å². The maximum atomic E-state index is 12.5. The molecule has 28 heavy (non-hydrogen) atoms. The number of hydrogen-bond acceptors (Lipinski definition) is 7. The van der Waals surface area contributed by atoms with Gasteiger partial charge in [0.15, 0.2) is 5.13 Å². The Morgan fingerprint density at radius 1 is 1.25 bits per heavy atom. The summed E-state index contributed by atoms with van der Waals surface area (Å²) in [7, 11) is 0. The second kappa shape index (κ2) is 7.91. The van der Waals surface area contributed by atoms with Gasteiger partial charge >= 0.3 is 5.97 Å². The zero-order chi connectivity index (χ0) is 20.4. The molecule has 0 aliphatic rings. The Labute approximate surface area is 168 Å². The summed E-state index contributed by atoms with van der Waals surface area (Å²) >= 11 is 7.15. The van der Waals surface area contributed by atoms with Gasteiger partial charge in [-0.2, -0.15) is 0 Å². The molecule has 0 bridgehead atoms. The highest BCUT2D eigenvalue weighted by Gasteiger charge is 2.18. The number of hydrogen-bond donors (Lipinski definition) is 1. The highest BCUT2D eigenvalue weighted by Crippen LogP contribution is 2.29. The van der Waals surface area contributed by atoms with Crippen molar-refractivity contribution in [1.29, 1.82) is 0 Å². The molecule has 144 valence electrons. The Bertz CT molecular complexity index is 1100. The lowest BCUT2D eigenvalue weighted by molar-refractivity contribution is -0.384. The van der Waals surface area contributed by atoms with Crippen LogP contribution in [0.2, 0.25) is 5.02 Å². The van der Waals surface area contributed by atoms with Crippen molar-refractivity contribution in [2.75, 3.05) is 5.32 Å². The second-order valence-electron chi connectivity index (χ2n) is 6.03. The van der Waals surface area contributed by atoms with E-state index < -0.39 is 16.8 Å². The molecule has 0 radical (unpaired) electrons. The van der Waals surface area contributed by atoms with Crippen LogP contribution < -0.4 is 5.32 Å². The summed E-state index contributed by atoms with van der Waals surface area (Å²) in [6, 6.07) is 8.49. The summed E-state index contributed by atoms with van der Waals surface area (Å²) in [6.07, 6.45) is -0.237. The van der Waals surface area contributed by atoms with Gasteiger partial charge < -0.3 is 4.74 Å². The number of fused-ring (bicyclic) bond motifs is 1. The number of nitro benzene ring substituents is 1. The van der Waals surface area contributed by atoms with Gasteiger partial charge in [0.05, 0.1) is 37.4 Å². The van der Waals surface area contributed by atoms with E-state index in [0.717, 1.165) is 17.4 Å². The Morgan fingerprint density at radius 2 is 2.00 bits per heavy atom. The van der Waals surface area contributed by atoms with E-state index >= 15 is 0 Å². The summed E-state index contributed by atoms with van der Waals surface area (Å²) in [5, 5.41) is 13.8. The van der Waals surface area contributed by atoms with E-state index in [1.807, 2.05) is 0 Å². The molecule has 1 heterocycles. The zero-order valence-corrected chi connectivity index (χ0v) is 16.3. The number of nitrogens with one attached hydrogen (secondary N) is 1. The molecule has 0 aliphatic carbocycles. The summed E-state index contributed by atoms with van der Waals surface area (Å²) in [5.74, 6) is -1.06. The van der Waals surface area contributed by atoms with Crippen molar-refractivity contribution < 1.29 is 19.2 Å². The predicted octanol–water partition coefficient (Wildman–Crippen LogP) is 4.68. The molecular weight excluding hydrogens is 406 g/mol. The minimum Gasteiger partial charge on any atom is -0.459 e. The van der Waals surface area contributed by atoms with Crippen LogP contribution in [0.5, 0.6) is 0 Å². The number of halogens is 1. The van der Waals surface area contributed by atoms with Crippen LogP contribution in [0.4, 0.5) is 10.8 Å². The fourth-order valence-electron chi connectivity index (χ4n) is 2.35. The number of carbonyl (C=O) groups excluding carboxylic acids is 2. The van der Waals surface area contributed by atoms with Crippen molar-refractivity contribution >= 4 is 55.8 Å². The average Bonchev–Trinajstić information content (AvgIpc) is 3.02. The van der Waals surface area contributed by atoms with Crippen LogP contribution in [0.3, 0.4) is 0 Å². The Morgan fingerprint density at radius 3 is 2.68 bits per heavy atom. The maximum Gasteiger partial charge on any atom is 0.338 e. The first kappa shape index (κ1) is 19.7. The lowest BCUT2D eigenvalue weighted by Crippen LogP contribution is -2.12. The van der Waals surface area contributed by atoms with Crippen LogP contribution in [0.25, 0.3) is 10.2 Å². The molecular formula is C18H14ClN3O5S. The van der Waals surface area contributed by atoms with Gasteiger partial charge in [-0.15, -0.1) is 0 Å². The highest BCUT2D eigenvalue weighted by molar-refractivity contribution is 7.22. The molecule has 0 atom stereocenters. The third-order valence-corrected chi connectivity index (χ3v) is 4.86. The summed E-state index contributed by atoms with van der Waals surface area (Å²) in [6.45, 7) is 3.52. The van der Waals surface area contributed by atoms with E-state index in [9.17, 15) is 19.7 Å². The monoisotopic (exact) mass is 419 g/mol. The van der Waals surface area contributed by atoms with Gasteiger partial charge in [0.2, 0.25) is 0 Å². The van der Waals surface area contributed by atoms with Crippen molar-refractivity contribution in [3.05, 3.63) is 62.7 Å². The smallest absolute Gasteiger partial charge is 0.338 e. The number of thiazole rings is 1. The first-order valence-electron chi connectivity index (χ1n) is 8.11. The van der Waals surface area contributed by atoms with Gasteiger partial charge in [0.1, 0.15) is 0 Å². The van der Waals surface area contributed by atoms with Gasteiger partial charge in [-0.05, 0) is 38.1 Å². The molecule has 3 aromatic rings. The van der Waals surface area contributed by atoms with E-state index in [1.165, 1.54) is 12.1 Å². The van der Waals surface area contributed by atoms with E-state index in [4.69, 9.17) is 16.3 Å². The second-order valence-corrected chi connectivity index (χ2v) is 7.47. The Hall–Kier alpha value is -3.04. The molecule has 0 spiro atoms. The lowest BCUT2D eigenvalue weighted by Gasteiger charge is -2.07. The first-order valence-corrected chi connectivity index (χ1v) is 9.31. The minimum absolute atomic E-state index is 0.0312. The van der Waals surface area contributed by atoms with Crippen molar-refractivity contribution in [2.45, 2.75) is 20.0 Å². The number of non-ortho nitro benzene ring substituents is 1. The Balaban J connectivity index is 1.85. The van der Waals surface area contributed by atoms with Gasteiger partial charge in [-0.3, -0.25) is 20.2 Å². The number of nitrogens with zero attached hydrogens (tertiary/aromatic N) is 2. The van der Waals surface area contributed by atoms with E-state index in [-0.39, 0.29) is 27.5 Å². The molecule has 0 fully saturated rings. The molecule has 1 amide bonds. The standard InChI is InChI=1S/C18H14ClN3O5S/c1-9(2)27-17(24)10-3-6-14-15(7-10)28-18(20-14)21-16(23)12-8-11(22(25)26)4-5-13(12)19/h3-9H,1-2H3,(H,20,21,23). The van der Waals surface area contributed by atoms with E-state index in [1.54, 1.807) is 32.0 Å². The predicted molar refractivity (Wildman–Crippen MR) is 106 cm³/mol. The molecule has 0 saturated heterocycles. The number of anilines is 1. The number of benzene rings is 2. The molecule has 1 N–H and O–H groups in total. The number of carbonyl (C=O) groups is 2. The van der Waals surface area contributed by atoms with Gasteiger partial charge in [0.25, 0.3) is 11.6 Å². The quantitative estimate of drug-likeness (QED) is 0.365. The summed E-state index contributed by atoms with van der Waals surface area (Å²) in [4.78, 5) is 39.0. The van der Waals surface area contributed by atoms with Crippen LogP contribution >= 0.6 is 22.9 Å². The number of aromatic nitrogens is 1. The molecule has 3 rings (SSSR count). The molecule has 0 unspecified atom stereocenters. The van der Waals surface area contributed by atoms with Crippen LogP contribution in [-0.2, 0) is 4.74 Å². The molecule has 0 aliphatic heterocycles. The van der Waals surface area contributed by atoms with Gasteiger partial charge in [-0.1, -0.05) is 22.9 Å². The fourth-order valence-corrected chi connectivity index (χ4v) is 3.46. The third-order valence-electron chi connectivity index (χ3n) is 3.59. The molecule has 1 aromatic heterocycles. The molecule has 10 heteroatoms. The number of nitro groups is 1. The summed E-state index contributed by atoms with van der Waals surface area (Å²) < 4.78 is 5.84. The van der Waals surface area contributed by atoms with Crippen LogP contribution in [-0.4, -0.2) is 27.9 Å². The topological polar surface area (TPSA) is 111 Å². The Kier molecular flexibility index (Phi) is 5.57. The van der Waals surface area contributed by atoms with Crippen molar-refractivity contribution in [2.24, 2.45) is 0 Å². The van der Waals surface area contributed by atoms with Crippen LogP contribution in [0.1, 0.15) is 34.6 Å². The first-order chi connectivity index (χ1) is 13.2. The number of esters is 1. The van der Waals surface area contributed by atoms with E-state index in [0.29, 0.717) is 15.8 Å². The SMILES string of the molecule is CC(C)OC(=O)c1ccc2nc(NC(=O)c3cc([N+](=O)[O-])ccc3Cl)sc2c1. The van der Waals surface area contributed by atoms with Crippen molar-refractivity contribution in [1.82, 2.24) is 4.98 Å². The minimum atomic E-state index is -0.618. The van der Waals surface area contributed by atoms with Crippen molar-refractivity contribution in [3.8, 4) is 0 Å². The lowest BCUT2D eigenvalue weighted by atomic mass is 10.2. The molecule has 8 nitrogen and oxygen atoms in total. The normalized spacial score (nSPS) is 10.9. The summed E-state index contributed by atoms with van der Waals surface area (Å²) in [5.41, 5.74) is 0.694. The highest BCUT2D eigenvalue weighted by atomic mass is 35.5. The fraction of sp³-hybridized carbons (Fsp3) is 0.167. The number of rotatable bonds is 5. The molecule has 2 aromatic carbocycles. The zero-order valence-electron chi connectivity index (χ0n) is 14.8. The van der Waals surface area contributed by atoms with Crippen LogP contribution in [0, 0.1) is 10.1 Å². The largest absolute Gasteiger partial charge is 0.459 e. The number of amides is 1. The van der Waals surface area contributed by atoms with E-state index in [2.05, 4.69) is 10.3 Å². The third kappa shape index (κ3) is 4.26. The van der Waals surface area contributed by atoms with Gasteiger partial charge in [0, 0.05) is 12.1 Å². The van der Waals surface area contributed by atoms with Crippen LogP contribution in [0.15, 0.2) is 36.4 Å².